The van der Waals surface area contributed by atoms with E-state index in [1.807, 2.05) is 0 Å². The predicted octanol–water partition coefficient (Wildman–Crippen LogP) is 3.98. The van der Waals surface area contributed by atoms with Crippen LogP contribution in [0.2, 0.25) is 5.02 Å². The molecule has 0 spiro atoms. The molecule has 0 radical (unpaired) electrons. The number of piperazine rings is 1. The monoisotopic (exact) mass is 505 g/mol. The van der Waals surface area contributed by atoms with Crippen molar-refractivity contribution in [2.75, 3.05) is 48.6 Å². The summed E-state index contributed by atoms with van der Waals surface area (Å²) >= 11 is 6.50. The molecule has 186 valence electrons. The molecule has 1 aromatic carbocycles. The van der Waals surface area contributed by atoms with Gasteiger partial charge >= 0.3 is 0 Å². The zero-order valence-electron chi connectivity index (χ0n) is 20.4. The van der Waals surface area contributed by atoms with E-state index in [1.165, 1.54) is 24.0 Å². The molecule has 0 amide bonds. The predicted molar refractivity (Wildman–Crippen MR) is 140 cm³/mol. The van der Waals surface area contributed by atoms with Crippen molar-refractivity contribution >= 4 is 33.1 Å². The van der Waals surface area contributed by atoms with Gasteiger partial charge in [-0.15, -0.1) is 0 Å². The molecule has 1 aromatic heterocycles. The summed E-state index contributed by atoms with van der Waals surface area (Å²) in [4.78, 5) is 12.0. The standard InChI is InChI=1S/C25H36ClN5O2S/c1-4-22-18-30(25-24(26)15-21(16-27-25)28-34(3,32)33)13-14-31(22)23-9-11-29(12-10-23)17-20-7-5-19(2)6-8-20/h5-8,15-16,22-23,28H,4,9-14,17-18H2,1-3H3/t22-/m0/s1. The third-order valence-corrected chi connectivity index (χ3v) is 7.86. The Bertz CT molecular complexity index is 1070. The van der Waals surface area contributed by atoms with E-state index < -0.39 is 10.0 Å². The Morgan fingerprint density at radius 3 is 2.44 bits per heavy atom. The van der Waals surface area contributed by atoms with Gasteiger partial charge in [0.1, 0.15) is 5.82 Å². The molecule has 7 nitrogen and oxygen atoms in total. The highest BCUT2D eigenvalue weighted by atomic mass is 35.5. The van der Waals surface area contributed by atoms with Crippen LogP contribution in [0.15, 0.2) is 36.5 Å². The normalized spacial score (nSPS) is 21.1. The number of aromatic nitrogens is 1. The summed E-state index contributed by atoms with van der Waals surface area (Å²) in [6, 6.07) is 11.6. The lowest BCUT2D eigenvalue weighted by molar-refractivity contribution is 0.0610. The molecule has 2 fully saturated rings. The number of nitrogens with zero attached hydrogens (tertiary/aromatic N) is 4. The molecule has 4 rings (SSSR count). The molecular weight excluding hydrogens is 470 g/mol. The Hall–Kier alpha value is -1.87. The van der Waals surface area contributed by atoms with Crippen LogP contribution in [0.1, 0.15) is 37.3 Å². The lowest BCUT2D eigenvalue weighted by Gasteiger charge is -2.47. The number of pyridine rings is 1. The minimum absolute atomic E-state index is 0.388. The molecule has 2 aromatic rings. The van der Waals surface area contributed by atoms with Gasteiger partial charge in [-0.05, 0) is 50.9 Å². The number of nitrogens with one attached hydrogen (secondary N) is 1. The van der Waals surface area contributed by atoms with Crippen LogP contribution in [0.4, 0.5) is 11.5 Å². The number of likely N-dealkylation sites (tertiary alicyclic amines) is 1. The highest BCUT2D eigenvalue weighted by molar-refractivity contribution is 7.92. The van der Waals surface area contributed by atoms with E-state index in [2.05, 4.69) is 62.5 Å². The topological polar surface area (TPSA) is 68.8 Å². The van der Waals surface area contributed by atoms with E-state index >= 15 is 0 Å². The quantitative estimate of drug-likeness (QED) is 0.614. The van der Waals surface area contributed by atoms with Gasteiger partial charge in [-0.2, -0.15) is 0 Å². The van der Waals surface area contributed by atoms with E-state index in [0.717, 1.165) is 57.8 Å². The smallest absolute Gasteiger partial charge is 0.229 e. The number of halogens is 1. The first-order valence-electron chi connectivity index (χ1n) is 12.1. The summed E-state index contributed by atoms with van der Waals surface area (Å²) in [7, 11) is -3.36. The summed E-state index contributed by atoms with van der Waals surface area (Å²) in [5.74, 6) is 0.728. The average Bonchev–Trinajstić information content (AvgIpc) is 2.80. The second-order valence-corrected chi connectivity index (χ2v) is 11.8. The van der Waals surface area contributed by atoms with Gasteiger partial charge in [-0.1, -0.05) is 48.4 Å². The molecule has 0 unspecified atom stereocenters. The van der Waals surface area contributed by atoms with Crippen LogP contribution in [0.5, 0.6) is 0 Å². The molecule has 0 aliphatic carbocycles. The van der Waals surface area contributed by atoms with Gasteiger partial charge in [-0.3, -0.25) is 14.5 Å². The van der Waals surface area contributed by atoms with Crippen LogP contribution in [0.25, 0.3) is 0 Å². The summed E-state index contributed by atoms with van der Waals surface area (Å²) in [5, 5.41) is 0.473. The van der Waals surface area contributed by atoms with Crippen molar-refractivity contribution in [3.05, 3.63) is 52.7 Å². The third kappa shape index (κ3) is 6.42. The first-order valence-corrected chi connectivity index (χ1v) is 14.4. The maximum absolute atomic E-state index is 11.5. The number of anilines is 2. The van der Waals surface area contributed by atoms with Crippen LogP contribution in [-0.4, -0.2) is 74.3 Å². The highest BCUT2D eigenvalue weighted by Gasteiger charge is 2.34. The minimum atomic E-state index is -3.36. The van der Waals surface area contributed by atoms with Crippen molar-refractivity contribution in [3.63, 3.8) is 0 Å². The first kappa shape index (κ1) is 25.2. The molecule has 1 N–H and O–H groups in total. The van der Waals surface area contributed by atoms with Crippen LogP contribution >= 0.6 is 11.6 Å². The fourth-order valence-corrected chi connectivity index (χ4v) is 6.03. The molecule has 3 heterocycles. The van der Waals surface area contributed by atoms with E-state index in [4.69, 9.17) is 11.6 Å². The lowest BCUT2D eigenvalue weighted by Crippen LogP contribution is -2.58. The van der Waals surface area contributed by atoms with E-state index in [-0.39, 0.29) is 0 Å². The molecule has 34 heavy (non-hydrogen) atoms. The average molecular weight is 506 g/mol. The molecule has 2 aliphatic heterocycles. The van der Waals surface area contributed by atoms with Crippen molar-refractivity contribution in [2.45, 2.75) is 51.7 Å². The molecule has 1 atom stereocenters. The maximum Gasteiger partial charge on any atom is 0.229 e. The SMILES string of the molecule is CC[C@H]1CN(c2ncc(NS(C)(=O)=O)cc2Cl)CCN1C1CCN(Cc2ccc(C)cc2)CC1. The number of benzene rings is 1. The fourth-order valence-electron chi connectivity index (χ4n) is 5.20. The van der Waals surface area contributed by atoms with Gasteiger partial charge in [0.15, 0.2) is 0 Å². The second-order valence-electron chi connectivity index (χ2n) is 9.64. The molecular formula is C25H36ClN5O2S. The van der Waals surface area contributed by atoms with Gasteiger partial charge in [0.05, 0.1) is 23.2 Å². The Morgan fingerprint density at radius 2 is 1.82 bits per heavy atom. The van der Waals surface area contributed by atoms with E-state index in [0.29, 0.717) is 22.8 Å². The summed E-state index contributed by atoms with van der Waals surface area (Å²) in [6.07, 6.45) is 6.14. The van der Waals surface area contributed by atoms with Gasteiger partial charge in [-0.25, -0.2) is 13.4 Å². The summed E-state index contributed by atoms with van der Waals surface area (Å²) in [5.41, 5.74) is 3.09. The number of piperidine rings is 1. The van der Waals surface area contributed by atoms with Crippen molar-refractivity contribution in [3.8, 4) is 0 Å². The zero-order chi connectivity index (χ0) is 24.3. The Morgan fingerprint density at radius 1 is 1.12 bits per heavy atom. The fraction of sp³-hybridized carbons (Fsp3) is 0.560. The number of hydrogen-bond donors (Lipinski definition) is 1. The van der Waals surface area contributed by atoms with E-state index in [9.17, 15) is 8.42 Å². The summed E-state index contributed by atoms with van der Waals surface area (Å²) < 4.78 is 25.4. The molecule has 2 aliphatic rings. The third-order valence-electron chi connectivity index (χ3n) is 6.98. The van der Waals surface area contributed by atoms with Gasteiger partial charge in [0.2, 0.25) is 10.0 Å². The van der Waals surface area contributed by atoms with Gasteiger partial charge in [0.25, 0.3) is 0 Å². The largest absolute Gasteiger partial charge is 0.353 e. The summed E-state index contributed by atoms with van der Waals surface area (Å²) in [6.45, 7) is 10.4. The molecule has 0 saturated carbocycles. The highest BCUT2D eigenvalue weighted by Crippen LogP contribution is 2.30. The number of aryl methyl sites for hydroxylation is 1. The van der Waals surface area contributed by atoms with Crippen LogP contribution in [0, 0.1) is 6.92 Å². The molecule has 9 heteroatoms. The minimum Gasteiger partial charge on any atom is -0.353 e. The van der Waals surface area contributed by atoms with Gasteiger partial charge < -0.3 is 4.90 Å². The number of sulfonamides is 1. The second kappa shape index (κ2) is 10.8. The van der Waals surface area contributed by atoms with Crippen LogP contribution < -0.4 is 9.62 Å². The molecule has 2 saturated heterocycles. The van der Waals surface area contributed by atoms with Crippen molar-refractivity contribution < 1.29 is 8.42 Å². The van der Waals surface area contributed by atoms with E-state index in [1.54, 1.807) is 12.3 Å². The zero-order valence-corrected chi connectivity index (χ0v) is 21.9. The number of hydrogen-bond acceptors (Lipinski definition) is 6. The Labute approximate surface area is 209 Å². The van der Waals surface area contributed by atoms with Crippen molar-refractivity contribution in [2.24, 2.45) is 0 Å². The first-order chi connectivity index (χ1) is 16.2. The van der Waals surface area contributed by atoms with Crippen molar-refractivity contribution in [1.82, 2.24) is 14.8 Å². The number of rotatable bonds is 7. The van der Waals surface area contributed by atoms with Crippen molar-refractivity contribution in [1.29, 1.82) is 0 Å². The Balaban J connectivity index is 1.34. The Kier molecular flexibility index (Phi) is 8.02. The lowest BCUT2D eigenvalue weighted by atomic mass is 9.97. The van der Waals surface area contributed by atoms with Crippen LogP contribution in [0.3, 0.4) is 0 Å². The maximum atomic E-state index is 11.5. The molecule has 0 bridgehead atoms. The van der Waals surface area contributed by atoms with Crippen LogP contribution in [-0.2, 0) is 16.6 Å². The van der Waals surface area contributed by atoms with Gasteiger partial charge in [0, 0.05) is 38.3 Å².